The van der Waals surface area contributed by atoms with E-state index in [-0.39, 0.29) is 11.8 Å². The van der Waals surface area contributed by atoms with E-state index in [0.29, 0.717) is 12.0 Å². The first kappa shape index (κ1) is 22.3. The van der Waals surface area contributed by atoms with Crippen LogP contribution in [0.25, 0.3) is 0 Å². The number of nitrogens with two attached hydrogens (primary N) is 1. The van der Waals surface area contributed by atoms with E-state index in [9.17, 15) is 9.59 Å². The molecule has 3 aliphatic rings. The van der Waals surface area contributed by atoms with Crippen molar-refractivity contribution >= 4 is 11.8 Å². The summed E-state index contributed by atoms with van der Waals surface area (Å²) in [6.45, 7) is 5.27. The summed E-state index contributed by atoms with van der Waals surface area (Å²) in [7, 11) is 0. The fourth-order valence-corrected chi connectivity index (χ4v) is 6.25. The molecule has 3 fully saturated rings. The third-order valence-electron chi connectivity index (χ3n) is 8.26. The first-order valence-electron chi connectivity index (χ1n) is 12.4. The lowest BCUT2D eigenvalue weighted by molar-refractivity contribution is -0.131. The minimum absolute atomic E-state index is 0.139. The van der Waals surface area contributed by atoms with Gasteiger partial charge in [0.1, 0.15) is 0 Å². The average Bonchev–Trinajstić information content (AvgIpc) is 2.80. The molecule has 5 nitrogen and oxygen atoms in total. The zero-order chi connectivity index (χ0) is 21.8. The van der Waals surface area contributed by atoms with Gasteiger partial charge in [-0.25, -0.2) is 0 Å². The van der Waals surface area contributed by atoms with E-state index in [2.05, 4.69) is 29.2 Å². The molecule has 4 rings (SSSR count). The van der Waals surface area contributed by atoms with Crippen LogP contribution < -0.4 is 5.73 Å². The van der Waals surface area contributed by atoms with Gasteiger partial charge in [-0.1, -0.05) is 43.5 Å². The Morgan fingerprint density at radius 3 is 2.39 bits per heavy atom. The summed E-state index contributed by atoms with van der Waals surface area (Å²) in [6.07, 6.45) is 11.2. The van der Waals surface area contributed by atoms with Crippen LogP contribution in [0.3, 0.4) is 0 Å². The molecule has 2 aliphatic heterocycles. The van der Waals surface area contributed by atoms with Gasteiger partial charge in [0.05, 0.1) is 5.41 Å². The molecule has 0 bridgehead atoms. The molecule has 2 heterocycles. The maximum atomic E-state index is 12.7. The number of hydrogen-bond acceptors (Lipinski definition) is 3. The smallest absolute Gasteiger partial charge is 0.224 e. The highest BCUT2D eigenvalue weighted by molar-refractivity contribution is 5.81. The molecule has 170 valence electrons. The van der Waals surface area contributed by atoms with Crippen molar-refractivity contribution in [3.8, 4) is 0 Å². The highest BCUT2D eigenvalue weighted by atomic mass is 16.2. The molecule has 2 N–H and O–H groups in total. The lowest BCUT2D eigenvalue weighted by Gasteiger charge is -2.44. The maximum absolute atomic E-state index is 12.7. The van der Waals surface area contributed by atoms with Crippen LogP contribution in [0.15, 0.2) is 24.3 Å². The van der Waals surface area contributed by atoms with Gasteiger partial charge in [-0.3, -0.25) is 9.59 Å². The molecule has 0 aromatic heterocycles. The van der Waals surface area contributed by atoms with Crippen LogP contribution >= 0.6 is 0 Å². The molecule has 2 saturated heterocycles. The Labute approximate surface area is 187 Å². The number of amides is 2. The van der Waals surface area contributed by atoms with E-state index >= 15 is 0 Å². The van der Waals surface area contributed by atoms with Gasteiger partial charge in [-0.05, 0) is 69.2 Å². The van der Waals surface area contributed by atoms with Gasteiger partial charge in [0.2, 0.25) is 11.8 Å². The zero-order valence-electron chi connectivity index (χ0n) is 19.2. The first-order chi connectivity index (χ1) is 15.0. The highest BCUT2D eigenvalue weighted by Gasteiger charge is 2.42. The molecular formula is C26H39N3O2. The first-order valence-corrected chi connectivity index (χ1v) is 12.4. The monoisotopic (exact) mass is 425 g/mol. The van der Waals surface area contributed by atoms with Crippen molar-refractivity contribution in [1.82, 2.24) is 9.80 Å². The standard InChI is InChI=1S/C26H39N3O2/c1-20(30)29-15-7-9-22(19-29)24-12-6-5-8-21(24)18-26(25(27)31)13-16-28(17-14-26)23-10-3-2-4-11-23/h5-6,8,12,22-23H,2-4,7,9-11,13-19H2,1H3,(H2,27,31)/t22-/m0/s1. The molecule has 0 radical (unpaired) electrons. The molecule has 0 spiro atoms. The van der Waals surface area contributed by atoms with E-state index in [1.807, 2.05) is 4.90 Å². The van der Waals surface area contributed by atoms with Crippen molar-refractivity contribution in [3.05, 3.63) is 35.4 Å². The molecule has 1 aromatic rings. The molecule has 1 saturated carbocycles. The molecule has 1 atom stereocenters. The summed E-state index contributed by atoms with van der Waals surface area (Å²) >= 11 is 0. The third kappa shape index (κ3) is 4.97. The van der Waals surface area contributed by atoms with E-state index in [0.717, 1.165) is 58.3 Å². The summed E-state index contributed by atoms with van der Waals surface area (Å²) < 4.78 is 0. The number of nitrogens with zero attached hydrogens (tertiary/aromatic N) is 2. The Kier molecular flexibility index (Phi) is 7.00. The number of likely N-dealkylation sites (tertiary alicyclic amines) is 2. The van der Waals surface area contributed by atoms with Crippen molar-refractivity contribution in [3.63, 3.8) is 0 Å². The van der Waals surface area contributed by atoms with Gasteiger partial charge >= 0.3 is 0 Å². The van der Waals surface area contributed by atoms with Crippen LogP contribution in [0, 0.1) is 5.41 Å². The van der Waals surface area contributed by atoms with Crippen LogP contribution in [0.1, 0.15) is 81.8 Å². The normalized spacial score (nSPS) is 25.3. The number of piperidine rings is 2. The molecule has 1 aromatic carbocycles. The molecule has 5 heteroatoms. The van der Waals surface area contributed by atoms with Crippen LogP contribution in [0.4, 0.5) is 0 Å². The van der Waals surface area contributed by atoms with Gasteiger partial charge in [-0.2, -0.15) is 0 Å². The predicted octanol–water partition coefficient (Wildman–Crippen LogP) is 3.86. The van der Waals surface area contributed by atoms with E-state index < -0.39 is 5.41 Å². The van der Waals surface area contributed by atoms with E-state index in [1.165, 1.54) is 43.2 Å². The summed E-state index contributed by atoms with van der Waals surface area (Å²) in [6, 6.07) is 9.26. The highest BCUT2D eigenvalue weighted by Crippen LogP contribution is 2.39. The number of rotatable bonds is 5. The van der Waals surface area contributed by atoms with Gasteiger partial charge in [0, 0.05) is 32.0 Å². The number of primary amides is 1. The fraction of sp³-hybridized carbons (Fsp3) is 0.692. The molecular weight excluding hydrogens is 386 g/mol. The van der Waals surface area contributed by atoms with Crippen molar-refractivity contribution in [2.75, 3.05) is 26.2 Å². The van der Waals surface area contributed by atoms with Crippen molar-refractivity contribution in [2.24, 2.45) is 11.1 Å². The summed E-state index contributed by atoms with van der Waals surface area (Å²) in [4.78, 5) is 29.3. The van der Waals surface area contributed by atoms with Crippen molar-refractivity contribution < 1.29 is 9.59 Å². The number of carbonyl (C=O) groups excluding carboxylic acids is 2. The van der Waals surface area contributed by atoms with E-state index in [4.69, 9.17) is 5.73 Å². The largest absolute Gasteiger partial charge is 0.369 e. The van der Waals surface area contributed by atoms with Crippen LogP contribution in [-0.2, 0) is 16.0 Å². The maximum Gasteiger partial charge on any atom is 0.224 e. The van der Waals surface area contributed by atoms with Crippen LogP contribution in [0.2, 0.25) is 0 Å². The predicted molar refractivity (Wildman–Crippen MR) is 124 cm³/mol. The van der Waals surface area contributed by atoms with Gasteiger partial charge in [0.15, 0.2) is 0 Å². The number of benzene rings is 1. The Balaban J connectivity index is 1.49. The summed E-state index contributed by atoms with van der Waals surface area (Å²) in [5.74, 6) is 0.367. The van der Waals surface area contributed by atoms with Gasteiger partial charge in [-0.15, -0.1) is 0 Å². The summed E-state index contributed by atoms with van der Waals surface area (Å²) in [5.41, 5.74) is 8.17. The second-order valence-corrected chi connectivity index (χ2v) is 10.2. The van der Waals surface area contributed by atoms with E-state index in [1.54, 1.807) is 6.92 Å². The van der Waals surface area contributed by atoms with Crippen molar-refractivity contribution in [1.29, 1.82) is 0 Å². The third-order valence-corrected chi connectivity index (χ3v) is 8.26. The number of carbonyl (C=O) groups is 2. The molecule has 2 amide bonds. The van der Waals surface area contributed by atoms with Crippen LogP contribution in [-0.4, -0.2) is 53.8 Å². The van der Waals surface area contributed by atoms with Gasteiger partial charge < -0.3 is 15.5 Å². The minimum atomic E-state index is -0.448. The number of hydrogen-bond donors (Lipinski definition) is 1. The fourth-order valence-electron chi connectivity index (χ4n) is 6.25. The topological polar surface area (TPSA) is 66.6 Å². The second kappa shape index (κ2) is 9.72. The molecule has 31 heavy (non-hydrogen) atoms. The quantitative estimate of drug-likeness (QED) is 0.779. The Hall–Kier alpha value is -1.88. The van der Waals surface area contributed by atoms with Crippen LogP contribution in [0.5, 0.6) is 0 Å². The zero-order valence-corrected chi connectivity index (χ0v) is 19.2. The average molecular weight is 426 g/mol. The summed E-state index contributed by atoms with van der Waals surface area (Å²) in [5, 5.41) is 0. The second-order valence-electron chi connectivity index (χ2n) is 10.2. The van der Waals surface area contributed by atoms with Crippen molar-refractivity contribution in [2.45, 2.75) is 83.1 Å². The minimum Gasteiger partial charge on any atom is -0.369 e. The molecule has 0 unspecified atom stereocenters. The SMILES string of the molecule is CC(=O)N1CCC[C@H](c2ccccc2CC2(C(N)=O)CCN(C3CCCCC3)CC2)C1. The Bertz CT molecular complexity index is 779. The Morgan fingerprint density at radius 2 is 1.71 bits per heavy atom. The van der Waals surface area contributed by atoms with Gasteiger partial charge in [0.25, 0.3) is 0 Å². The lowest BCUT2D eigenvalue weighted by Crippen LogP contribution is -2.51. The Morgan fingerprint density at radius 1 is 1.00 bits per heavy atom. The lowest BCUT2D eigenvalue weighted by atomic mass is 9.71. The molecule has 1 aliphatic carbocycles.